The molecule has 1 aromatic rings. The van der Waals surface area contributed by atoms with E-state index >= 15 is 0 Å². The van der Waals surface area contributed by atoms with Crippen LogP contribution in [0.1, 0.15) is 6.92 Å². The SMILES string of the molecule is CCN(CCN)C(=O)COc1cccc(Cl)c1. The molecule has 0 aliphatic rings. The van der Waals surface area contributed by atoms with Crippen molar-refractivity contribution in [2.75, 3.05) is 26.2 Å². The Hall–Kier alpha value is -1.26. The van der Waals surface area contributed by atoms with Crippen molar-refractivity contribution in [3.8, 4) is 5.75 Å². The van der Waals surface area contributed by atoms with Crippen LogP contribution in [0.4, 0.5) is 0 Å². The minimum absolute atomic E-state index is 0.00812. The van der Waals surface area contributed by atoms with Gasteiger partial charge in [-0.25, -0.2) is 0 Å². The summed E-state index contributed by atoms with van der Waals surface area (Å²) in [4.78, 5) is 13.4. The molecule has 0 fully saturated rings. The molecule has 0 spiro atoms. The molecule has 5 heteroatoms. The van der Waals surface area contributed by atoms with E-state index in [1.807, 2.05) is 6.92 Å². The van der Waals surface area contributed by atoms with E-state index in [1.54, 1.807) is 29.2 Å². The molecule has 0 aliphatic heterocycles. The number of nitrogens with zero attached hydrogens (tertiary/aromatic N) is 1. The highest BCUT2D eigenvalue weighted by Gasteiger charge is 2.11. The largest absolute Gasteiger partial charge is 0.484 e. The van der Waals surface area contributed by atoms with Gasteiger partial charge < -0.3 is 15.4 Å². The highest BCUT2D eigenvalue weighted by Crippen LogP contribution is 2.16. The maximum Gasteiger partial charge on any atom is 0.260 e. The highest BCUT2D eigenvalue weighted by atomic mass is 35.5. The van der Waals surface area contributed by atoms with Gasteiger partial charge in [0.15, 0.2) is 6.61 Å². The minimum atomic E-state index is -0.0714. The first-order chi connectivity index (χ1) is 8.17. The number of rotatable bonds is 6. The van der Waals surface area contributed by atoms with Gasteiger partial charge in [-0.2, -0.15) is 0 Å². The number of nitrogens with two attached hydrogens (primary N) is 1. The molecule has 0 radical (unpaired) electrons. The van der Waals surface area contributed by atoms with Gasteiger partial charge in [0.25, 0.3) is 5.91 Å². The molecule has 1 amide bonds. The van der Waals surface area contributed by atoms with Crippen molar-refractivity contribution in [3.63, 3.8) is 0 Å². The molecule has 0 unspecified atom stereocenters. The quantitative estimate of drug-likeness (QED) is 0.840. The lowest BCUT2D eigenvalue weighted by molar-refractivity contribution is -0.133. The van der Waals surface area contributed by atoms with Crippen LogP contribution in [0.15, 0.2) is 24.3 Å². The van der Waals surface area contributed by atoms with Crippen LogP contribution in [0.5, 0.6) is 5.75 Å². The number of likely N-dealkylation sites (N-methyl/N-ethyl adjacent to an activating group) is 1. The zero-order valence-electron chi connectivity index (χ0n) is 9.86. The van der Waals surface area contributed by atoms with Crippen LogP contribution in [0.3, 0.4) is 0 Å². The van der Waals surface area contributed by atoms with Crippen molar-refractivity contribution >= 4 is 17.5 Å². The fourth-order valence-corrected chi connectivity index (χ4v) is 1.59. The average Bonchev–Trinajstić information content (AvgIpc) is 2.33. The highest BCUT2D eigenvalue weighted by molar-refractivity contribution is 6.30. The lowest BCUT2D eigenvalue weighted by Crippen LogP contribution is -2.38. The number of amides is 1. The van der Waals surface area contributed by atoms with Crippen molar-refractivity contribution < 1.29 is 9.53 Å². The molecular weight excluding hydrogens is 240 g/mol. The maximum absolute atomic E-state index is 11.7. The maximum atomic E-state index is 11.7. The molecule has 94 valence electrons. The molecule has 0 bridgehead atoms. The second kappa shape index (κ2) is 7.14. The molecule has 2 N–H and O–H groups in total. The third-order valence-electron chi connectivity index (χ3n) is 2.29. The van der Waals surface area contributed by atoms with Crippen LogP contribution in [-0.2, 0) is 4.79 Å². The summed E-state index contributed by atoms with van der Waals surface area (Å²) < 4.78 is 5.36. The van der Waals surface area contributed by atoms with E-state index in [0.717, 1.165) is 0 Å². The first-order valence-electron chi connectivity index (χ1n) is 5.53. The zero-order valence-corrected chi connectivity index (χ0v) is 10.6. The van der Waals surface area contributed by atoms with E-state index in [4.69, 9.17) is 22.1 Å². The van der Waals surface area contributed by atoms with E-state index in [1.165, 1.54) is 0 Å². The van der Waals surface area contributed by atoms with Gasteiger partial charge >= 0.3 is 0 Å². The summed E-state index contributed by atoms with van der Waals surface area (Å²) >= 11 is 5.81. The van der Waals surface area contributed by atoms with Gasteiger partial charge in [0.2, 0.25) is 0 Å². The lowest BCUT2D eigenvalue weighted by Gasteiger charge is -2.19. The first kappa shape index (κ1) is 13.8. The third kappa shape index (κ3) is 4.63. The second-order valence-corrected chi connectivity index (χ2v) is 3.94. The number of benzene rings is 1. The molecule has 1 aromatic carbocycles. The Morgan fingerprint density at radius 2 is 2.29 bits per heavy atom. The van der Waals surface area contributed by atoms with E-state index in [0.29, 0.717) is 30.4 Å². The summed E-state index contributed by atoms with van der Waals surface area (Å²) in [6.07, 6.45) is 0. The van der Waals surface area contributed by atoms with Gasteiger partial charge in [-0.1, -0.05) is 17.7 Å². The fraction of sp³-hybridized carbons (Fsp3) is 0.417. The number of carbonyl (C=O) groups excluding carboxylic acids is 1. The van der Waals surface area contributed by atoms with Crippen LogP contribution >= 0.6 is 11.6 Å². The molecule has 4 nitrogen and oxygen atoms in total. The van der Waals surface area contributed by atoms with E-state index in [2.05, 4.69) is 0 Å². The smallest absolute Gasteiger partial charge is 0.260 e. The van der Waals surface area contributed by atoms with Crippen molar-refractivity contribution in [2.24, 2.45) is 5.73 Å². The molecule has 0 aromatic heterocycles. The molecular formula is C12H17ClN2O2. The number of ether oxygens (including phenoxy) is 1. The van der Waals surface area contributed by atoms with Crippen molar-refractivity contribution in [1.29, 1.82) is 0 Å². The Labute approximate surface area is 106 Å². The predicted octanol–water partition coefficient (Wildman–Crippen LogP) is 1.53. The van der Waals surface area contributed by atoms with Crippen molar-refractivity contribution in [2.45, 2.75) is 6.92 Å². The first-order valence-corrected chi connectivity index (χ1v) is 5.91. The topological polar surface area (TPSA) is 55.6 Å². The molecule has 1 rings (SSSR count). The normalized spacial score (nSPS) is 10.1. The number of hydrogen-bond acceptors (Lipinski definition) is 3. The van der Waals surface area contributed by atoms with E-state index < -0.39 is 0 Å². The Balaban J connectivity index is 2.47. The van der Waals surface area contributed by atoms with Gasteiger partial charge in [-0.3, -0.25) is 4.79 Å². The molecule has 0 saturated carbocycles. The summed E-state index contributed by atoms with van der Waals surface area (Å²) in [6, 6.07) is 6.97. The lowest BCUT2D eigenvalue weighted by atomic mass is 10.3. The Morgan fingerprint density at radius 3 is 2.88 bits per heavy atom. The average molecular weight is 257 g/mol. The Bertz CT molecular complexity index is 371. The summed E-state index contributed by atoms with van der Waals surface area (Å²) in [7, 11) is 0. The molecule has 0 aliphatic carbocycles. The fourth-order valence-electron chi connectivity index (χ4n) is 1.41. The van der Waals surface area contributed by atoms with E-state index in [9.17, 15) is 4.79 Å². The summed E-state index contributed by atoms with van der Waals surface area (Å²) in [5.41, 5.74) is 5.42. The van der Waals surface area contributed by atoms with Gasteiger partial charge in [0.05, 0.1) is 0 Å². The van der Waals surface area contributed by atoms with E-state index in [-0.39, 0.29) is 12.5 Å². The Morgan fingerprint density at radius 1 is 1.53 bits per heavy atom. The molecule has 0 saturated heterocycles. The number of hydrogen-bond donors (Lipinski definition) is 1. The standard InChI is InChI=1S/C12H17ClN2O2/c1-2-15(7-6-14)12(16)9-17-11-5-3-4-10(13)8-11/h3-5,8H,2,6-7,9,14H2,1H3. The van der Waals surface area contributed by atoms with Crippen molar-refractivity contribution in [1.82, 2.24) is 4.90 Å². The minimum Gasteiger partial charge on any atom is -0.484 e. The van der Waals surface area contributed by atoms with Gasteiger partial charge in [-0.15, -0.1) is 0 Å². The summed E-state index contributed by atoms with van der Waals surface area (Å²) in [5, 5.41) is 0.587. The number of carbonyl (C=O) groups is 1. The van der Waals surface area contributed by atoms with Crippen LogP contribution < -0.4 is 10.5 Å². The zero-order chi connectivity index (χ0) is 12.7. The summed E-state index contributed by atoms with van der Waals surface area (Å²) in [5.74, 6) is 0.521. The van der Waals surface area contributed by atoms with Gasteiger partial charge in [-0.05, 0) is 25.1 Å². The Kier molecular flexibility index (Phi) is 5.80. The molecule has 17 heavy (non-hydrogen) atoms. The molecule has 0 atom stereocenters. The van der Waals surface area contributed by atoms with Crippen LogP contribution in [0, 0.1) is 0 Å². The molecule has 0 heterocycles. The van der Waals surface area contributed by atoms with Crippen LogP contribution in [0.25, 0.3) is 0 Å². The monoisotopic (exact) mass is 256 g/mol. The second-order valence-electron chi connectivity index (χ2n) is 3.51. The van der Waals surface area contributed by atoms with Gasteiger partial charge in [0, 0.05) is 24.7 Å². The van der Waals surface area contributed by atoms with Crippen molar-refractivity contribution in [3.05, 3.63) is 29.3 Å². The predicted molar refractivity (Wildman–Crippen MR) is 68.3 cm³/mol. The number of halogens is 1. The summed E-state index contributed by atoms with van der Waals surface area (Å²) in [6.45, 7) is 3.56. The van der Waals surface area contributed by atoms with Gasteiger partial charge in [0.1, 0.15) is 5.75 Å². The third-order valence-corrected chi connectivity index (χ3v) is 2.53. The van der Waals surface area contributed by atoms with Crippen LogP contribution in [0.2, 0.25) is 5.02 Å². The van der Waals surface area contributed by atoms with Crippen LogP contribution in [-0.4, -0.2) is 37.0 Å².